The van der Waals surface area contributed by atoms with Crippen LogP contribution in [-0.2, 0) is 38.5 Å². The first-order valence-electron chi connectivity index (χ1n) is 11.1. The molecule has 0 aromatic heterocycles. The number of sulfone groups is 1. The van der Waals surface area contributed by atoms with Crippen LogP contribution in [0.5, 0.6) is 0 Å². The van der Waals surface area contributed by atoms with Crippen LogP contribution in [0.1, 0.15) is 27.7 Å². The van der Waals surface area contributed by atoms with Crippen molar-refractivity contribution in [3.63, 3.8) is 0 Å². The number of rotatable bonds is 8. The zero-order valence-electron chi connectivity index (χ0n) is 19.9. The van der Waals surface area contributed by atoms with Crippen LogP contribution in [-0.4, -0.2) is 45.1 Å². The van der Waals surface area contributed by atoms with Crippen molar-refractivity contribution in [2.75, 3.05) is 13.2 Å². The highest BCUT2D eigenvalue weighted by Crippen LogP contribution is 2.34. The third-order valence-electron chi connectivity index (χ3n) is 5.03. The molecule has 0 spiro atoms. The number of benzene rings is 2. The lowest BCUT2D eigenvalue weighted by atomic mass is 9.96. The van der Waals surface area contributed by atoms with Gasteiger partial charge in [-0.25, -0.2) is 18.0 Å². The second-order valence-corrected chi connectivity index (χ2v) is 10.8. The first kappa shape index (κ1) is 26.0. The minimum Gasteiger partial charge on any atom is -0.462 e. The van der Waals surface area contributed by atoms with Crippen molar-refractivity contribution in [3.05, 3.63) is 64.6 Å². The third kappa shape index (κ3) is 5.40. The van der Waals surface area contributed by atoms with E-state index in [0.29, 0.717) is 11.5 Å². The summed E-state index contributed by atoms with van der Waals surface area (Å²) in [6.07, 6.45) is 0.638. The fourth-order valence-corrected chi connectivity index (χ4v) is 5.15. The maximum Gasteiger partial charge on any atom is 0.343 e. The van der Waals surface area contributed by atoms with E-state index in [1.54, 1.807) is 58.0 Å². The zero-order valence-corrected chi connectivity index (χ0v) is 20.7. The van der Waals surface area contributed by atoms with Crippen molar-refractivity contribution in [1.82, 2.24) is 0 Å². The van der Waals surface area contributed by atoms with E-state index in [9.17, 15) is 27.6 Å². The highest BCUT2D eigenvalue weighted by Gasteiger charge is 2.44. The van der Waals surface area contributed by atoms with E-state index in [-0.39, 0.29) is 35.3 Å². The lowest BCUT2D eigenvalue weighted by Gasteiger charge is -2.19. The van der Waals surface area contributed by atoms with Gasteiger partial charge in [-0.05, 0) is 23.3 Å². The number of hydrogen-bond donors (Lipinski definition) is 0. The molecule has 0 radical (unpaired) electrons. The van der Waals surface area contributed by atoms with Gasteiger partial charge in [0.05, 0.1) is 18.1 Å². The van der Waals surface area contributed by atoms with Gasteiger partial charge < -0.3 is 9.47 Å². The number of ether oxygens (including phenoxy) is 2. The molecule has 0 aliphatic heterocycles. The molecule has 0 heterocycles. The van der Waals surface area contributed by atoms with Crippen LogP contribution < -0.4 is 0 Å². The van der Waals surface area contributed by atoms with E-state index in [1.165, 1.54) is 12.1 Å². The molecule has 0 unspecified atom stereocenters. The number of fused-ring (bicyclic) bond motifs is 1. The number of carbonyl (C=O) groups excluding carboxylic acids is 4. The predicted molar refractivity (Wildman–Crippen MR) is 128 cm³/mol. The van der Waals surface area contributed by atoms with Gasteiger partial charge in [-0.3, -0.25) is 9.59 Å². The van der Waals surface area contributed by atoms with E-state index < -0.39 is 49.4 Å². The van der Waals surface area contributed by atoms with E-state index in [2.05, 4.69) is 0 Å². The van der Waals surface area contributed by atoms with Crippen molar-refractivity contribution in [1.29, 1.82) is 0 Å². The van der Waals surface area contributed by atoms with Gasteiger partial charge in [0.25, 0.3) is 0 Å². The van der Waals surface area contributed by atoms with Gasteiger partial charge in [0.1, 0.15) is 16.1 Å². The monoisotopic (exact) mass is 498 g/mol. The minimum atomic E-state index is -4.74. The average molecular weight is 499 g/mol. The SMILES string of the molecule is CC(C)COC(=O)C1=CC(=O)C(C(=O)OCC(C)C)=C(S(=O)(=O)c2cccc3ccccc23)C1=O. The summed E-state index contributed by atoms with van der Waals surface area (Å²) >= 11 is 0. The summed E-state index contributed by atoms with van der Waals surface area (Å²) in [4.78, 5) is 50.4. The van der Waals surface area contributed by atoms with Crippen LogP contribution in [0.3, 0.4) is 0 Å². The fraction of sp³-hybridized carbons (Fsp3) is 0.308. The van der Waals surface area contributed by atoms with Crippen LogP contribution in [0, 0.1) is 11.8 Å². The maximum atomic E-state index is 13.8. The number of Topliss-reactive ketones (excluding diaryl/α,β-unsaturated/α-hetero) is 1. The number of ketones is 2. The normalized spacial score (nSPS) is 14.5. The van der Waals surface area contributed by atoms with Crippen molar-refractivity contribution in [2.24, 2.45) is 11.8 Å². The molecule has 0 atom stereocenters. The van der Waals surface area contributed by atoms with Crippen LogP contribution in [0.15, 0.2) is 69.5 Å². The fourth-order valence-electron chi connectivity index (χ4n) is 3.39. The summed E-state index contributed by atoms with van der Waals surface area (Å²) in [7, 11) is -4.74. The Balaban J connectivity index is 2.21. The van der Waals surface area contributed by atoms with Crippen LogP contribution in [0.4, 0.5) is 0 Å². The van der Waals surface area contributed by atoms with Gasteiger partial charge >= 0.3 is 11.9 Å². The molecule has 0 saturated heterocycles. The van der Waals surface area contributed by atoms with Gasteiger partial charge in [-0.2, -0.15) is 0 Å². The summed E-state index contributed by atoms with van der Waals surface area (Å²) in [5.41, 5.74) is -1.68. The largest absolute Gasteiger partial charge is 0.462 e. The summed E-state index contributed by atoms with van der Waals surface area (Å²) in [5, 5.41) is 0.857. The second-order valence-electron chi connectivity index (χ2n) is 8.92. The molecule has 184 valence electrons. The standard InChI is InChI=1S/C26H26O8S/c1-15(2)13-33-25(29)19-12-20(27)22(26(30)34-14-16(3)4)24(23(19)28)35(31,32)21-11-7-9-17-8-5-6-10-18(17)21/h5-12,15-16H,13-14H2,1-4H3. The van der Waals surface area contributed by atoms with Gasteiger partial charge in [0.2, 0.25) is 15.6 Å². The Hall–Kier alpha value is -3.59. The molecule has 0 amide bonds. The molecule has 0 fully saturated rings. The number of esters is 2. The molecule has 2 aromatic carbocycles. The van der Waals surface area contributed by atoms with Crippen molar-refractivity contribution >= 4 is 44.1 Å². The smallest absolute Gasteiger partial charge is 0.343 e. The topological polar surface area (TPSA) is 121 Å². The first-order chi connectivity index (χ1) is 16.4. The molecule has 1 aliphatic carbocycles. The van der Waals surface area contributed by atoms with Crippen LogP contribution in [0.2, 0.25) is 0 Å². The number of allylic oxidation sites excluding steroid dienone is 2. The highest BCUT2D eigenvalue weighted by atomic mass is 32.2. The molecular formula is C26H26O8S. The van der Waals surface area contributed by atoms with Gasteiger partial charge in [0.15, 0.2) is 5.78 Å². The lowest BCUT2D eigenvalue weighted by Crippen LogP contribution is -2.33. The van der Waals surface area contributed by atoms with Gasteiger partial charge in [-0.1, -0.05) is 64.1 Å². The van der Waals surface area contributed by atoms with Crippen LogP contribution >= 0.6 is 0 Å². The highest BCUT2D eigenvalue weighted by molar-refractivity contribution is 7.96. The summed E-state index contributed by atoms with van der Waals surface area (Å²) in [6, 6.07) is 11.0. The van der Waals surface area contributed by atoms with Crippen molar-refractivity contribution in [3.8, 4) is 0 Å². The molecule has 3 rings (SSSR count). The van der Waals surface area contributed by atoms with Crippen molar-refractivity contribution < 1.29 is 37.1 Å². The Morgan fingerprint density at radius 2 is 1.40 bits per heavy atom. The summed E-state index contributed by atoms with van der Waals surface area (Å²) in [6.45, 7) is 6.91. The molecule has 9 heteroatoms. The molecule has 0 N–H and O–H groups in total. The Bertz CT molecular complexity index is 1370. The predicted octanol–water partition coefficient (Wildman–Crippen LogP) is 3.34. The van der Waals surface area contributed by atoms with E-state index >= 15 is 0 Å². The first-order valence-corrected chi connectivity index (χ1v) is 12.6. The van der Waals surface area contributed by atoms with E-state index in [1.807, 2.05) is 0 Å². The summed E-state index contributed by atoms with van der Waals surface area (Å²) in [5.74, 6) is -4.97. The van der Waals surface area contributed by atoms with E-state index in [0.717, 1.165) is 0 Å². The van der Waals surface area contributed by atoms with Crippen LogP contribution in [0.25, 0.3) is 10.8 Å². The lowest BCUT2D eigenvalue weighted by molar-refractivity contribution is -0.143. The molecule has 35 heavy (non-hydrogen) atoms. The molecule has 2 aromatic rings. The number of carbonyl (C=O) groups is 4. The molecule has 1 aliphatic rings. The zero-order chi connectivity index (χ0) is 25.9. The maximum absolute atomic E-state index is 13.8. The quantitative estimate of drug-likeness (QED) is 0.309. The van der Waals surface area contributed by atoms with Crippen molar-refractivity contribution in [2.45, 2.75) is 32.6 Å². The molecule has 8 nitrogen and oxygen atoms in total. The van der Waals surface area contributed by atoms with E-state index in [4.69, 9.17) is 9.47 Å². The van der Waals surface area contributed by atoms with Gasteiger partial charge in [-0.15, -0.1) is 0 Å². The molecule has 0 saturated carbocycles. The Kier molecular flexibility index (Phi) is 7.70. The Morgan fingerprint density at radius 1 is 0.829 bits per heavy atom. The average Bonchev–Trinajstić information content (AvgIpc) is 2.81. The Labute approximate surface area is 203 Å². The van der Waals surface area contributed by atoms with Gasteiger partial charge in [0, 0.05) is 11.5 Å². The third-order valence-corrected chi connectivity index (χ3v) is 6.89. The molecule has 0 bridgehead atoms. The molecular weight excluding hydrogens is 472 g/mol. The summed E-state index contributed by atoms with van der Waals surface area (Å²) < 4.78 is 37.8. The number of hydrogen-bond acceptors (Lipinski definition) is 8. The Morgan fingerprint density at radius 3 is 2.03 bits per heavy atom. The second kappa shape index (κ2) is 10.4. The minimum absolute atomic E-state index is 0.0456.